The number of aryl methyl sites for hydroxylation is 2. The average Bonchev–Trinajstić information content (AvgIpc) is 2.65. The first-order valence-electron chi connectivity index (χ1n) is 8.17. The van der Waals surface area contributed by atoms with Gasteiger partial charge in [-0.05, 0) is 43.2 Å². The van der Waals surface area contributed by atoms with Gasteiger partial charge in [0.25, 0.3) is 5.91 Å². The summed E-state index contributed by atoms with van der Waals surface area (Å²) in [5.41, 5.74) is 4.02. The minimum Gasteiger partial charge on any atom is -0.495 e. The van der Waals surface area contributed by atoms with Gasteiger partial charge in [0.05, 0.1) is 12.8 Å². The molecule has 0 unspecified atom stereocenters. The molecule has 6 nitrogen and oxygen atoms in total. The maximum absolute atomic E-state index is 12.5. The number of anilines is 3. The highest BCUT2D eigenvalue weighted by Gasteiger charge is 2.12. The standard InChI is InChI=1S/C20H20N4O2/c1-13-8-9-14(2)16(10-13)23-19-11-17(21-12-22-19)20(25)24-15-6-4-5-7-18(15)26-3/h4-12H,1-3H3,(H,24,25)(H,21,22,23). The molecule has 0 radical (unpaired) electrons. The van der Waals surface area contributed by atoms with Crippen LogP contribution in [0.15, 0.2) is 54.9 Å². The van der Waals surface area contributed by atoms with E-state index in [1.807, 2.05) is 44.2 Å². The fourth-order valence-corrected chi connectivity index (χ4v) is 2.49. The average molecular weight is 348 g/mol. The van der Waals surface area contributed by atoms with E-state index in [0.717, 1.165) is 16.8 Å². The van der Waals surface area contributed by atoms with E-state index in [9.17, 15) is 4.79 Å². The molecular formula is C20H20N4O2. The number of nitrogens with zero attached hydrogens (tertiary/aromatic N) is 2. The zero-order valence-corrected chi connectivity index (χ0v) is 14.9. The number of hydrogen-bond donors (Lipinski definition) is 2. The molecule has 6 heteroatoms. The number of nitrogens with one attached hydrogen (secondary N) is 2. The first-order chi connectivity index (χ1) is 12.6. The Bertz CT molecular complexity index is 941. The number of rotatable bonds is 5. The van der Waals surface area contributed by atoms with Crippen molar-refractivity contribution in [3.8, 4) is 5.75 Å². The topological polar surface area (TPSA) is 76.1 Å². The number of ether oxygens (including phenoxy) is 1. The van der Waals surface area contributed by atoms with E-state index < -0.39 is 0 Å². The van der Waals surface area contributed by atoms with Crippen molar-refractivity contribution in [3.63, 3.8) is 0 Å². The van der Waals surface area contributed by atoms with Crippen LogP contribution in [0.2, 0.25) is 0 Å². The summed E-state index contributed by atoms with van der Waals surface area (Å²) in [5, 5.41) is 6.05. The molecule has 0 fully saturated rings. The van der Waals surface area contributed by atoms with Crippen LogP contribution >= 0.6 is 0 Å². The molecule has 1 amide bonds. The van der Waals surface area contributed by atoms with Crippen molar-refractivity contribution in [1.82, 2.24) is 9.97 Å². The van der Waals surface area contributed by atoms with Crippen LogP contribution in [0.3, 0.4) is 0 Å². The van der Waals surface area contributed by atoms with Crippen LogP contribution in [0.1, 0.15) is 21.6 Å². The molecule has 0 aliphatic rings. The molecule has 0 spiro atoms. The summed E-state index contributed by atoms with van der Waals surface area (Å²) in [7, 11) is 1.56. The predicted molar refractivity (Wildman–Crippen MR) is 102 cm³/mol. The Balaban J connectivity index is 1.80. The molecule has 0 saturated heterocycles. The van der Waals surface area contributed by atoms with Crippen LogP contribution in [0.25, 0.3) is 0 Å². The molecular weight excluding hydrogens is 328 g/mol. The summed E-state index contributed by atoms with van der Waals surface area (Å²) in [6.45, 7) is 4.04. The van der Waals surface area contributed by atoms with E-state index in [2.05, 4.69) is 20.6 Å². The minimum atomic E-state index is -0.332. The van der Waals surface area contributed by atoms with E-state index in [1.165, 1.54) is 6.33 Å². The number of aromatic nitrogens is 2. The molecule has 0 aliphatic heterocycles. The zero-order chi connectivity index (χ0) is 18.5. The maximum atomic E-state index is 12.5. The second-order valence-corrected chi connectivity index (χ2v) is 5.89. The van der Waals surface area contributed by atoms with Crippen molar-refractivity contribution >= 4 is 23.1 Å². The van der Waals surface area contributed by atoms with Crippen molar-refractivity contribution in [2.45, 2.75) is 13.8 Å². The highest BCUT2D eigenvalue weighted by atomic mass is 16.5. The molecule has 0 atom stereocenters. The fraction of sp³-hybridized carbons (Fsp3) is 0.150. The van der Waals surface area contributed by atoms with Gasteiger partial charge in [0, 0.05) is 11.8 Å². The number of benzene rings is 2. The quantitative estimate of drug-likeness (QED) is 0.726. The predicted octanol–water partition coefficient (Wildman–Crippen LogP) is 4.10. The first kappa shape index (κ1) is 17.4. The number of methoxy groups -OCH3 is 1. The van der Waals surface area contributed by atoms with Crippen LogP contribution < -0.4 is 15.4 Å². The van der Waals surface area contributed by atoms with Gasteiger partial charge in [-0.2, -0.15) is 0 Å². The number of carbonyl (C=O) groups is 1. The summed E-state index contributed by atoms with van der Waals surface area (Å²) in [6.07, 6.45) is 1.37. The SMILES string of the molecule is COc1ccccc1NC(=O)c1cc(Nc2cc(C)ccc2C)ncn1. The third kappa shape index (κ3) is 3.97. The van der Waals surface area contributed by atoms with Crippen LogP contribution in [0, 0.1) is 13.8 Å². The van der Waals surface area contributed by atoms with Crippen LogP contribution in [-0.4, -0.2) is 23.0 Å². The Labute approximate surface area is 152 Å². The zero-order valence-electron chi connectivity index (χ0n) is 14.9. The van der Waals surface area contributed by atoms with Crippen LogP contribution in [0.5, 0.6) is 5.75 Å². The normalized spacial score (nSPS) is 10.3. The molecule has 2 aromatic carbocycles. The van der Waals surface area contributed by atoms with Crippen molar-refractivity contribution < 1.29 is 9.53 Å². The van der Waals surface area contributed by atoms with Crippen LogP contribution in [-0.2, 0) is 0 Å². The third-order valence-electron chi connectivity index (χ3n) is 3.91. The number of para-hydroxylation sites is 2. The largest absolute Gasteiger partial charge is 0.495 e. The van der Waals surface area contributed by atoms with Gasteiger partial charge in [-0.15, -0.1) is 0 Å². The molecule has 0 aliphatic carbocycles. The Kier molecular flexibility index (Phi) is 5.12. The molecule has 0 saturated carbocycles. The maximum Gasteiger partial charge on any atom is 0.274 e. The van der Waals surface area contributed by atoms with Gasteiger partial charge >= 0.3 is 0 Å². The Morgan fingerprint density at radius 1 is 1.00 bits per heavy atom. The third-order valence-corrected chi connectivity index (χ3v) is 3.91. The second kappa shape index (κ2) is 7.65. The van der Waals surface area contributed by atoms with Gasteiger partial charge in [-0.1, -0.05) is 24.3 Å². The molecule has 3 aromatic rings. The van der Waals surface area contributed by atoms with E-state index in [0.29, 0.717) is 17.3 Å². The molecule has 3 rings (SSSR count). The number of amides is 1. The summed E-state index contributed by atoms with van der Waals surface area (Å²) in [4.78, 5) is 20.8. The number of carbonyl (C=O) groups excluding carboxylic acids is 1. The van der Waals surface area contributed by atoms with Gasteiger partial charge in [0.1, 0.15) is 23.6 Å². The summed E-state index contributed by atoms with van der Waals surface area (Å²) in [5.74, 6) is 0.809. The van der Waals surface area contributed by atoms with Gasteiger partial charge in [0.2, 0.25) is 0 Å². The molecule has 132 valence electrons. The highest BCUT2D eigenvalue weighted by Crippen LogP contribution is 2.24. The van der Waals surface area contributed by atoms with Crippen LogP contribution in [0.4, 0.5) is 17.2 Å². The lowest BCUT2D eigenvalue weighted by molar-refractivity contribution is 0.102. The smallest absolute Gasteiger partial charge is 0.274 e. The Morgan fingerprint density at radius 2 is 1.81 bits per heavy atom. The molecule has 1 heterocycles. The molecule has 26 heavy (non-hydrogen) atoms. The summed E-state index contributed by atoms with van der Waals surface area (Å²) >= 11 is 0. The van der Waals surface area contributed by atoms with Crippen molar-refractivity contribution in [1.29, 1.82) is 0 Å². The van der Waals surface area contributed by atoms with E-state index in [1.54, 1.807) is 25.3 Å². The molecule has 0 bridgehead atoms. The van der Waals surface area contributed by atoms with E-state index in [-0.39, 0.29) is 11.6 Å². The van der Waals surface area contributed by atoms with Crippen molar-refractivity contribution in [2.24, 2.45) is 0 Å². The molecule has 2 N–H and O–H groups in total. The lowest BCUT2D eigenvalue weighted by Gasteiger charge is -2.11. The Morgan fingerprint density at radius 3 is 2.62 bits per heavy atom. The highest BCUT2D eigenvalue weighted by molar-refractivity contribution is 6.04. The fourth-order valence-electron chi connectivity index (χ4n) is 2.49. The van der Waals surface area contributed by atoms with Gasteiger partial charge < -0.3 is 15.4 Å². The summed E-state index contributed by atoms with van der Waals surface area (Å²) < 4.78 is 5.25. The van der Waals surface area contributed by atoms with E-state index in [4.69, 9.17) is 4.74 Å². The van der Waals surface area contributed by atoms with Gasteiger partial charge in [-0.25, -0.2) is 9.97 Å². The lowest BCUT2D eigenvalue weighted by Crippen LogP contribution is -2.15. The van der Waals surface area contributed by atoms with Crippen molar-refractivity contribution in [3.05, 3.63) is 71.7 Å². The van der Waals surface area contributed by atoms with Gasteiger partial charge in [-0.3, -0.25) is 4.79 Å². The summed E-state index contributed by atoms with van der Waals surface area (Å²) in [6, 6.07) is 15.0. The lowest BCUT2D eigenvalue weighted by atomic mass is 10.1. The van der Waals surface area contributed by atoms with Gasteiger partial charge in [0.15, 0.2) is 0 Å². The molecule has 1 aromatic heterocycles. The number of hydrogen-bond acceptors (Lipinski definition) is 5. The monoisotopic (exact) mass is 348 g/mol. The second-order valence-electron chi connectivity index (χ2n) is 5.89. The first-order valence-corrected chi connectivity index (χ1v) is 8.17. The minimum absolute atomic E-state index is 0.263. The van der Waals surface area contributed by atoms with E-state index >= 15 is 0 Å². The Hall–Kier alpha value is -3.41. The van der Waals surface area contributed by atoms with Crippen molar-refractivity contribution in [2.75, 3.05) is 17.7 Å².